The van der Waals surface area contributed by atoms with Crippen molar-refractivity contribution >= 4 is 44.9 Å². The van der Waals surface area contributed by atoms with E-state index in [0.717, 1.165) is 12.8 Å². The molecule has 3 aromatic carbocycles. The minimum atomic E-state index is -4.14. The molecule has 0 aromatic heterocycles. The fourth-order valence-electron chi connectivity index (χ4n) is 4.89. The molecule has 10 heteroatoms. The van der Waals surface area contributed by atoms with E-state index in [-0.39, 0.29) is 46.5 Å². The summed E-state index contributed by atoms with van der Waals surface area (Å²) in [6.45, 7) is 1.66. The highest BCUT2D eigenvalue weighted by molar-refractivity contribution is 7.92. The Balaban J connectivity index is 1.55. The zero-order chi connectivity index (χ0) is 28.6. The zero-order valence-electron chi connectivity index (χ0n) is 22.0. The molecule has 2 aliphatic rings. The van der Waals surface area contributed by atoms with Gasteiger partial charge in [-0.1, -0.05) is 29.8 Å². The van der Waals surface area contributed by atoms with E-state index < -0.39 is 33.7 Å². The first-order chi connectivity index (χ1) is 19.1. The van der Waals surface area contributed by atoms with E-state index in [1.165, 1.54) is 41.7 Å². The third kappa shape index (κ3) is 5.71. The number of fused-ring (bicyclic) bond motifs is 1. The molecule has 210 valence electrons. The van der Waals surface area contributed by atoms with E-state index in [2.05, 4.69) is 0 Å². The second-order valence-corrected chi connectivity index (χ2v) is 12.3. The number of methoxy groups -OCH3 is 1. The van der Waals surface area contributed by atoms with E-state index in [1.807, 2.05) is 0 Å². The highest BCUT2D eigenvalue weighted by Gasteiger charge is 2.36. The summed E-state index contributed by atoms with van der Waals surface area (Å²) in [5.41, 5.74) is 2.09. The number of sulfonamides is 1. The molecule has 3 aromatic rings. The van der Waals surface area contributed by atoms with Gasteiger partial charge in [-0.05, 0) is 91.3 Å². The number of nitrogens with zero attached hydrogens (tertiary/aromatic N) is 1. The number of ether oxygens (including phenoxy) is 2. The Bertz CT molecular complexity index is 1580. The van der Waals surface area contributed by atoms with Crippen molar-refractivity contribution in [3.05, 3.63) is 87.9 Å². The van der Waals surface area contributed by atoms with Crippen molar-refractivity contribution in [3.8, 4) is 5.75 Å². The quantitative estimate of drug-likeness (QED) is 0.210. The number of rotatable bonds is 8. The van der Waals surface area contributed by atoms with Gasteiger partial charge in [0.2, 0.25) is 0 Å². The summed E-state index contributed by atoms with van der Waals surface area (Å²) < 4.78 is 69.0. The lowest BCUT2D eigenvalue weighted by atomic mass is 10.0. The summed E-state index contributed by atoms with van der Waals surface area (Å²) in [7, 11) is -2.85. The lowest BCUT2D eigenvalue weighted by Gasteiger charge is -2.35. The second kappa shape index (κ2) is 11.2. The van der Waals surface area contributed by atoms with Gasteiger partial charge in [0.25, 0.3) is 10.0 Å². The Kier molecular flexibility index (Phi) is 7.88. The number of benzene rings is 3. The Labute approximate surface area is 237 Å². The van der Waals surface area contributed by atoms with Gasteiger partial charge in [0.05, 0.1) is 29.3 Å². The van der Waals surface area contributed by atoms with Gasteiger partial charge in [0, 0.05) is 12.0 Å². The standard InChI is InChI=1S/C30H28ClF2NO5S/c1-18(30-24(31)4-3-5-26(30)33)14-19-6-12-28-27(15-19)34(17-21(39-28)9-13-29(35)38-2)40(36,37)22-10-11-25(32)23(16-22)20-7-8-20/h3-6,10-12,14-16,20-21H,7-9,13,17H2,1-2H3/b18-14+. The number of anilines is 1. The monoisotopic (exact) mass is 587 g/mol. The van der Waals surface area contributed by atoms with Gasteiger partial charge in [0.1, 0.15) is 23.5 Å². The van der Waals surface area contributed by atoms with Crippen LogP contribution in [-0.4, -0.2) is 34.1 Å². The molecule has 1 atom stereocenters. The first-order valence-corrected chi connectivity index (χ1v) is 14.7. The average Bonchev–Trinajstić information content (AvgIpc) is 3.77. The molecule has 1 aliphatic heterocycles. The summed E-state index contributed by atoms with van der Waals surface area (Å²) in [6.07, 6.45) is 3.01. The Morgan fingerprint density at radius 3 is 2.60 bits per heavy atom. The molecule has 1 unspecified atom stereocenters. The molecule has 0 radical (unpaired) electrons. The van der Waals surface area contributed by atoms with Gasteiger partial charge in [-0.25, -0.2) is 17.2 Å². The van der Waals surface area contributed by atoms with Crippen LogP contribution in [0.4, 0.5) is 14.5 Å². The molecular weight excluding hydrogens is 560 g/mol. The van der Waals surface area contributed by atoms with Crippen LogP contribution in [0.3, 0.4) is 0 Å². The van der Waals surface area contributed by atoms with Gasteiger partial charge < -0.3 is 9.47 Å². The number of hydrogen-bond donors (Lipinski definition) is 0. The first-order valence-electron chi connectivity index (χ1n) is 12.9. The average molecular weight is 588 g/mol. The Morgan fingerprint density at radius 2 is 1.90 bits per heavy atom. The van der Waals surface area contributed by atoms with E-state index in [9.17, 15) is 22.0 Å². The number of halogens is 3. The number of hydrogen-bond acceptors (Lipinski definition) is 5. The molecule has 1 fully saturated rings. The Hall–Kier alpha value is -3.43. The minimum Gasteiger partial charge on any atom is -0.486 e. The van der Waals surface area contributed by atoms with Crippen LogP contribution in [-0.2, 0) is 19.6 Å². The first kappa shape index (κ1) is 28.1. The number of carbonyl (C=O) groups excluding carboxylic acids is 1. The number of carbonyl (C=O) groups is 1. The van der Waals surface area contributed by atoms with Crippen LogP contribution in [0.2, 0.25) is 5.02 Å². The van der Waals surface area contributed by atoms with Crippen molar-refractivity contribution in [3.63, 3.8) is 0 Å². The molecule has 1 saturated carbocycles. The van der Waals surface area contributed by atoms with Crippen LogP contribution in [0, 0.1) is 11.6 Å². The normalized spacial score (nSPS) is 17.3. The van der Waals surface area contributed by atoms with Crippen LogP contribution < -0.4 is 9.04 Å². The second-order valence-electron chi connectivity index (χ2n) is 10.00. The lowest BCUT2D eigenvalue weighted by Crippen LogP contribution is -2.43. The van der Waals surface area contributed by atoms with Crippen molar-refractivity contribution in [1.29, 1.82) is 0 Å². The number of allylic oxidation sites excluding steroid dienone is 1. The predicted octanol–water partition coefficient (Wildman–Crippen LogP) is 6.97. The maximum absolute atomic E-state index is 14.5. The summed E-state index contributed by atoms with van der Waals surface area (Å²) >= 11 is 6.24. The molecule has 1 heterocycles. The van der Waals surface area contributed by atoms with Gasteiger partial charge in [-0.3, -0.25) is 9.10 Å². The maximum atomic E-state index is 14.5. The molecule has 0 saturated heterocycles. The molecule has 6 nitrogen and oxygen atoms in total. The van der Waals surface area contributed by atoms with Crippen molar-refractivity contribution < 1.29 is 31.5 Å². The maximum Gasteiger partial charge on any atom is 0.305 e. The molecule has 0 N–H and O–H groups in total. The Morgan fingerprint density at radius 1 is 1.12 bits per heavy atom. The van der Waals surface area contributed by atoms with E-state index >= 15 is 0 Å². The van der Waals surface area contributed by atoms with Gasteiger partial charge >= 0.3 is 5.97 Å². The van der Waals surface area contributed by atoms with E-state index in [4.69, 9.17) is 21.1 Å². The van der Waals surface area contributed by atoms with Crippen LogP contribution in [0.5, 0.6) is 5.75 Å². The highest BCUT2D eigenvalue weighted by atomic mass is 35.5. The number of esters is 1. The van der Waals surface area contributed by atoms with Crippen LogP contribution in [0.15, 0.2) is 59.5 Å². The highest BCUT2D eigenvalue weighted by Crippen LogP contribution is 2.43. The van der Waals surface area contributed by atoms with Crippen molar-refractivity contribution in [2.24, 2.45) is 0 Å². The summed E-state index contributed by atoms with van der Waals surface area (Å²) in [4.78, 5) is 11.7. The SMILES string of the molecule is COC(=O)CCC1CN(S(=O)(=O)c2ccc(F)c(C3CC3)c2)c2cc(/C=C(\C)c3c(F)cccc3Cl)ccc2O1. The lowest BCUT2D eigenvalue weighted by molar-refractivity contribution is -0.141. The van der Waals surface area contributed by atoms with Crippen LogP contribution >= 0.6 is 11.6 Å². The molecule has 1 aliphatic carbocycles. The van der Waals surface area contributed by atoms with Crippen molar-refractivity contribution in [1.82, 2.24) is 0 Å². The molecular formula is C30H28ClF2NO5S. The molecule has 5 rings (SSSR count). The van der Waals surface area contributed by atoms with Crippen molar-refractivity contribution in [2.45, 2.75) is 49.5 Å². The van der Waals surface area contributed by atoms with E-state index in [1.54, 1.807) is 37.3 Å². The van der Waals surface area contributed by atoms with Gasteiger partial charge in [-0.15, -0.1) is 0 Å². The summed E-state index contributed by atoms with van der Waals surface area (Å²) in [5.74, 6) is -0.991. The minimum absolute atomic E-state index is 0.0184. The molecule has 0 spiro atoms. The zero-order valence-corrected chi connectivity index (χ0v) is 23.6. The van der Waals surface area contributed by atoms with Crippen LogP contribution in [0.25, 0.3) is 11.6 Å². The third-order valence-electron chi connectivity index (χ3n) is 7.13. The molecule has 0 bridgehead atoms. The van der Waals surface area contributed by atoms with Gasteiger partial charge in [0.15, 0.2) is 0 Å². The van der Waals surface area contributed by atoms with E-state index in [0.29, 0.717) is 22.4 Å². The van der Waals surface area contributed by atoms with Crippen molar-refractivity contribution in [2.75, 3.05) is 18.0 Å². The van der Waals surface area contributed by atoms with Crippen LogP contribution in [0.1, 0.15) is 55.2 Å². The largest absolute Gasteiger partial charge is 0.486 e. The fraction of sp³-hybridized carbons (Fsp3) is 0.300. The van der Waals surface area contributed by atoms with Gasteiger partial charge in [-0.2, -0.15) is 0 Å². The smallest absolute Gasteiger partial charge is 0.305 e. The topological polar surface area (TPSA) is 72.9 Å². The third-order valence-corrected chi connectivity index (χ3v) is 9.22. The predicted molar refractivity (Wildman–Crippen MR) is 150 cm³/mol. The molecule has 40 heavy (non-hydrogen) atoms. The summed E-state index contributed by atoms with van der Waals surface area (Å²) in [5, 5.41) is 0.260. The molecule has 0 amide bonds. The fourth-order valence-corrected chi connectivity index (χ4v) is 6.74. The summed E-state index contributed by atoms with van der Waals surface area (Å²) in [6, 6.07) is 13.3.